The highest BCUT2D eigenvalue weighted by atomic mass is 19.4. The lowest BCUT2D eigenvalue weighted by atomic mass is 10.1. The molecule has 0 spiro atoms. The Hall–Kier alpha value is -0.290. The van der Waals surface area contributed by atoms with Crippen LogP contribution in [-0.4, -0.2) is 30.0 Å². The van der Waals surface area contributed by atoms with Gasteiger partial charge in [-0.15, -0.1) is 0 Å². The zero-order valence-electron chi connectivity index (χ0n) is 8.02. The van der Waals surface area contributed by atoms with Gasteiger partial charge in [0.15, 0.2) is 6.10 Å². The van der Waals surface area contributed by atoms with Crippen LogP contribution in [0.4, 0.5) is 13.2 Å². The zero-order valence-corrected chi connectivity index (χ0v) is 8.02. The molecule has 0 saturated carbocycles. The van der Waals surface area contributed by atoms with E-state index in [1.54, 1.807) is 6.92 Å². The maximum atomic E-state index is 11.8. The number of hydrogen-bond acceptors (Lipinski definition) is 2. The SMILES string of the molecule is CC(C)C(C)NCC(O)C(F)(F)F. The number of rotatable bonds is 4. The lowest BCUT2D eigenvalue weighted by Crippen LogP contribution is -2.43. The summed E-state index contributed by atoms with van der Waals surface area (Å²) >= 11 is 0. The van der Waals surface area contributed by atoms with E-state index in [1.807, 2.05) is 13.8 Å². The summed E-state index contributed by atoms with van der Waals surface area (Å²) in [7, 11) is 0. The number of nitrogens with one attached hydrogen (secondary N) is 1. The summed E-state index contributed by atoms with van der Waals surface area (Å²) in [6.07, 6.45) is -6.79. The average molecular weight is 199 g/mol. The van der Waals surface area contributed by atoms with Gasteiger partial charge in [-0.1, -0.05) is 13.8 Å². The number of halogens is 3. The largest absolute Gasteiger partial charge is 0.415 e. The Balaban J connectivity index is 3.77. The van der Waals surface area contributed by atoms with Gasteiger partial charge in [-0.25, -0.2) is 0 Å². The number of aliphatic hydroxyl groups excluding tert-OH is 1. The van der Waals surface area contributed by atoms with Crippen molar-refractivity contribution >= 4 is 0 Å². The third kappa shape index (κ3) is 5.10. The van der Waals surface area contributed by atoms with Crippen LogP contribution < -0.4 is 5.32 Å². The van der Waals surface area contributed by atoms with E-state index >= 15 is 0 Å². The van der Waals surface area contributed by atoms with Gasteiger partial charge in [-0.3, -0.25) is 0 Å². The minimum absolute atomic E-state index is 0.0306. The molecular formula is C8H16F3NO. The highest BCUT2D eigenvalue weighted by Crippen LogP contribution is 2.19. The Morgan fingerprint density at radius 3 is 2.00 bits per heavy atom. The van der Waals surface area contributed by atoms with Gasteiger partial charge >= 0.3 is 6.18 Å². The van der Waals surface area contributed by atoms with E-state index in [-0.39, 0.29) is 12.0 Å². The summed E-state index contributed by atoms with van der Waals surface area (Å²) in [6.45, 7) is 5.14. The van der Waals surface area contributed by atoms with E-state index in [9.17, 15) is 13.2 Å². The molecule has 0 bridgehead atoms. The molecule has 13 heavy (non-hydrogen) atoms. The van der Waals surface area contributed by atoms with Crippen LogP contribution in [-0.2, 0) is 0 Å². The maximum Gasteiger partial charge on any atom is 0.415 e. The molecule has 2 nitrogen and oxygen atoms in total. The van der Waals surface area contributed by atoms with Crippen molar-refractivity contribution in [2.75, 3.05) is 6.54 Å². The average Bonchev–Trinajstić information content (AvgIpc) is 1.97. The van der Waals surface area contributed by atoms with Gasteiger partial charge in [0.25, 0.3) is 0 Å². The Labute approximate surface area is 76.1 Å². The Kier molecular flexibility index (Phi) is 4.70. The predicted molar refractivity (Wildman–Crippen MR) is 44.4 cm³/mol. The molecule has 0 aliphatic heterocycles. The van der Waals surface area contributed by atoms with Gasteiger partial charge in [0.05, 0.1) is 0 Å². The molecule has 0 radical (unpaired) electrons. The molecule has 0 aromatic rings. The first kappa shape index (κ1) is 12.7. The molecule has 0 fully saturated rings. The van der Waals surface area contributed by atoms with E-state index in [0.29, 0.717) is 0 Å². The molecule has 2 N–H and O–H groups in total. The van der Waals surface area contributed by atoms with Crippen molar-refractivity contribution in [3.63, 3.8) is 0 Å². The Morgan fingerprint density at radius 1 is 1.23 bits per heavy atom. The van der Waals surface area contributed by atoms with Crippen LogP contribution in [0.5, 0.6) is 0 Å². The fourth-order valence-electron chi connectivity index (χ4n) is 0.649. The van der Waals surface area contributed by atoms with Gasteiger partial charge in [-0.05, 0) is 12.8 Å². The van der Waals surface area contributed by atoms with E-state index in [1.165, 1.54) is 0 Å². The van der Waals surface area contributed by atoms with Crippen molar-refractivity contribution in [1.29, 1.82) is 0 Å². The third-order valence-corrected chi connectivity index (χ3v) is 2.01. The van der Waals surface area contributed by atoms with Crippen LogP contribution in [0.2, 0.25) is 0 Å². The van der Waals surface area contributed by atoms with Gasteiger partial charge in [0, 0.05) is 12.6 Å². The summed E-state index contributed by atoms with van der Waals surface area (Å²) in [4.78, 5) is 0. The van der Waals surface area contributed by atoms with Crippen LogP contribution in [0.1, 0.15) is 20.8 Å². The van der Waals surface area contributed by atoms with Crippen molar-refractivity contribution in [3.8, 4) is 0 Å². The number of hydrogen-bond donors (Lipinski definition) is 2. The van der Waals surface area contributed by atoms with E-state index < -0.39 is 18.8 Å². The maximum absolute atomic E-state index is 11.8. The summed E-state index contributed by atoms with van der Waals surface area (Å²) in [5.41, 5.74) is 0. The molecule has 0 amide bonds. The molecule has 2 unspecified atom stereocenters. The summed E-state index contributed by atoms with van der Waals surface area (Å²) < 4.78 is 35.4. The topological polar surface area (TPSA) is 32.3 Å². The molecule has 0 aromatic carbocycles. The number of alkyl halides is 3. The second-order valence-corrected chi connectivity index (χ2v) is 3.50. The zero-order chi connectivity index (χ0) is 10.6. The standard InChI is InChI=1S/C8H16F3NO/c1-5(2)6(3)12-4-7(13)8(9,10)11/h5-7,12-13H,4H2,1-3H3. The van der Waals surface area contributed by atoms with Crippen molar-refractivity contribution < 1.29 is 18.3 Å². The normalized spacial score (nSPS) is 17.5. The first-order valence-electron chi connectivity index (χ1n) is 4.23. The van der Waals surface area contributed by atoms with Gasteiger partial charge in [0.1, 0.15) is 0 Å². The summed E-state index contributed by atoms with van der Waals surface area (Å²) in [5.74, 6) is 0.250. The highest BCUT2D eigenvalue weighted by Gasteiger charge is 2.37. The lowest BCUT2D eigenvalue weighted by Gasteiger charge is -2.21. The smallest absolute Gasteiger partial charge is 0.382 e. The van der Waals surface area contributed by atoms with E-state index in [4.69, 9.17) is 5.11 Å². The minimum Gasteiger partial charge on any atom is -0.382 e. The lowest BCUT2D eigenvalue weighted by molar-refractivity contribution is -0.202. The molecule has 0 aliphatic rings. The summed E-state index contributed by atoms with van der Waals surface area (Å²) in [6, 6.07) is -0.0306. The first-order chi connectivity index (χ1) is 5.75. The molecule has 0 heterocycles. The monoisotopic (exact) mass is 199 g/mol. The van der Waals surface area contributed by atoms with Gasteiger partial charge in [0.2, 0.25) is 0 Å². The molecule has 0 saturated heterocycles. The predicted octanol–water partition coefficient (Wildman–Crippen LogP) is 1.54. The Morgan fingerprint density at radius 2 is 1.69 bits per heavy atom. The molecule has 0 rings (SSSR count). The minimum atomic E-state index is -4.52. The van der Waals surface area contributed by atoms with Crippen molar-refractivity contribution in [1.82, 2.24) is 5.32 Å². The van der Waals surface area contributed by atoms with Gasteiger partial charge < -0.3 is 10.4 Å². The first-order valence-corrected chi connectivity index (χ1v) is 4.23. The second-order valence-electron chi connectivity index (χ2n) is 3.50. The van der Waals surface area contributed by atoms with Crippen LogP contribution in [0.25, 0.3) is 0 Å². The van der Waals surface area contributed by atoms with Gasteiger partial charge in [-0.2, -0.15) is 13.2 Å². The molecule has 2 atom stereocenters. The van der Waals surface area contributed by atoms with E-state index in [0.717, 1.165) is 0 Å². The quantitative estimate of drug-likeness (QED) is 0.720. The van der Waals surface area contributed by atoms with Crippen LogP contribution in [0, 0.1) is 5.92 Å². The Bertz CT molecular complexity index is 147. The van der Waals surface area contributed by atoms with Crippen molar-refractivity contribution in [2.45, 2.75) is 39.1 Å². The van der Waals surface area contributed by atoms with Crippen molar-refractivity contribution in [2.24, 2.45) is 5.92 Å². The fourth-order valence-corrected chi connectivity index (χ4v) is 0.649. The third-order valence-electron chi connectivity index (χ3n) is 2.01. The van der Waals surface area contributed by atoms with E-state index in [2.05, 4.69) is 5.32 Å². The second kappa shape index (κ2) is 4.81. The molecule has 0 aliphatic carbocycles. The fraction of sp³-hybridized carbons (Fsp3) is 1.00. The summed E-state index contributed by atoms with van der Waals surface area (Å²) in [5, 5.41) is 11.2. The van der Waals surface area contributed by atoms with Crippen LogP contribution >= 0.6 is 0 Å². The van der Waals surface area contributed by atoms with Crippen LogP contribution in [0.15, 0.2) is 0 Å². The molecular weight excluding hydrogens is 183 g/mol. The number of aliphatic hydroxyl groups is 1. The van der Waals surface area contributed by atoms with Crippen LogP contribution in [0.3, 0.4) is 0 Å². The molecule has 5 heteroatoms. The van der Waals surface area contributed by atoms with Crippen molar-refractivity contribution in [3.05, 3.63) is 0 Å². The molecule has 80 valence electrons. The molecule has 0 aromatic heterocycles. The highest BCUT2D eigenvalue weighted by molar-refractivity contribution is 4.72.